The topological polar surface area (TPSA) is 83.0 Å². The minimum absolute atomic E-state index is 0.135. The van der Waals surface area contributed by atoms with E-state index < -0.39 is 5.97 Å². The quantitative estimate of drug-likeness (QED) is 0.745. The summed E-state index contributed by atoms with van der Waals surface area (Å²) in [5.74, 6) is -1.03. The zero-order valence-electron chi connectivity index (χ0n) is 10.3. The molecule has 0 spiro atoms. The van der Waals surface area contributed by atoms with Crippen LogP contribution in [0.25, 0.3) is 22.3 Å². The van der Waals surface area contributed by atoms with Crippen LogP contribution in [0, 0.1) is 0 Å². The van der Waals surface area contributed by atoms with E-state index in [-0.39, 0.29) is 16.8 Å². The zero-order chi connectivity index (χ0) is 14.1. The van der Waals surface area contributed by atoms with Crippen LogP contribution in [0.3, 0.4) is 0 Å². The van der Waals surface area contributed by atoms with Crippen LogP contribution in [0.1, 0.15) is 10.4 Å². The normalized spacial score (nSPS) is 10.6. The van der Waals surface area contributed by atoms with Crippen LogP contribution in [0.2, 0.25) is 0 Å². The van der Waals surface area contributed by atoms with Crippen LogP contribution in [-0.2, 0) is 0 Å². The summed E-state index contributed by atoms with van der Waals surface area (Å²) >= 11 is 0. The highest BCUT2D eigenvalue weighted by Gasteiger charge is 2.09. The number of carbonyl (C=O) groups is 1. The molecule has 0 unspecified atom stereocenters. The van der Waals surface area contributed by atoms with Gasteiger partial charge in [0, 0.05) is 5.56 Å². The van der Waals surface area contributed by atoms with Crippen molar-refractivity contribution in [1.29, 1.82) is 0 Å². The Bertz CT molecular complexity index is 854. The molecule has 20 heavy (non-hydrogen) atoms. The lowest BCUT2D eigenvalue weighted by Gasteiger charge is -2.03. The van der Waals surface area contributed by atoms with Crippen LogP contribution in [0.5, 0.6) is 0 Å². The van der Waals surface area contributed by atoms with E-state index in [0.29, 0.717) is 16.6 Å². The van der Waals surface area contributed by atoms with Crippen LogP contribution in [-0.4, -0.2) is 21.0 Å². The van der Waals surface area contributed by atoms with Gasteiger partial charge in [-0.15, -0.1) is 0 Å². The zero-order valence-corrected chi connectivity index (χ0v) is 10.3. The number of carboxylic acids is 1. The van der Waals surface area contributed by atoms with Gasteiger partial charge < -0.3 is 10.1 Å². The van der Waals surface area contributed by atoms with Gasteiger partial charge in [-0.25, -0.2) is 9.78 Å². The first-order valence-electron chi connectivity index (χ1n) is 5.98. The van der Waals surface area contributed by atoms with Gasteiger partial charge in [-0.2, -0.15) is 0 Å². The van der Waals surface area contributed by atoms with Gasteiger partial charge >= 0.3 is 5.97 Å². The highest BCUT2D eigenvalue weighted by Crippen LogP contribution is 2.16. The number of hydrogen-bond acceptors (Lipinski definition) is 3. The van der Waals surface area contributed by atoms with Crippen molar-refractivity contribution >= 4 is 17.0 Å². The molecular formula is C15H10N2O3. The van der Waals surface area contributed by atoms with Crippen molar-refractivity contribution in [3.05, 3.63) is 64.4 Å². The Morgan fingerprint density at radius 3 is 2.55 bits per heavy atom. The highest BCUT2D eigenvalue weighted by molar-refractivity contribution is 5.92. The molecule has 98 valence electrons. The Labute approximate surface area is 113 Å². The van der Waals surface area contributed by atoms with Crippen LogP contribution < -0.4 is 5.56 Å². The summed E-state index contributed by atoms with van der Waals surface area (Å²) in [6.07, 6.45) is 0. The molecule has 0 saturated heterocycles. The van der Waals surface area contributed by atoms with Gasteiger partial charge in [0.05, 0.1) is 16.6 Å². The van der Waals surface area contributed by atoms with Crippen LogP contribution >= 0.6 is 0 Å². The lowest BCUT2D eigenvalue weighted by atomic mass is 10.1. The lowest BCUT2D eigenvalue weighted by Crippen LogP contribution is -2.11. The van der Waals surface area contributed by atoms with Gasteiger partial charge in [0.2, 0.25) is 0 Å². The maximum absolute atomic E-state index is 12.0. The van der Waals surface area contributed by atoms with E-state index in [4.69, 9.17) is 5.11 Å². The molecule has 5 nitrogen and oxygen atoms in total. The third kappa shape index (κ3) is 2.05. The SMILES string of the molecule is O=C(O)c1ccc2[nH]c(=O)c(-c3ccccc3)nc2c1. The van der Waals surface area contributed by atoms with E-state index in [2.05, 4.69) is 9.97 Å². The Morgan fingerprint density at radius 2 is 1.85 bits per heavy atom. The average Bonchev–Trinajstić information content (AvgIpc) is 2.47. The average molecular weight is 266 g/mol. The third-order valence-corrected chi connectivity index (χ3v) is 2.99. The summed E-state index contributed by atoms with van der Waals surface area (Å²) in [6.45, 7) is 0. The van der Waals surface area contributed by atoms with Crippen LogP contribution in [0.4, 0.5) is 0 Å². The molecule has 5 heteroatoms. The number of nitrogens with one attached hydrogen (secondary N) is 1. The summed E-state index contributed by atoms with van der Waals surface area (Å²) in [5.41, 5.74) is 1.77. The second kappa shape index (κ2) is 4.62. The number of hydrogen-bond donors (Lipinski definition) is 2. The number of rotatable bonds is 2. The number of aromatic amines is 1. The van der Waals surface area contributed by atoms with Crippen LogP contribution in [0.15, 0.2) is 53.3 Å². The summed E-state index contributed by atoms with van der Waals surface area (Å²) in [6, 6.07) is 13.5. The third-order valence-electron chi connectivity index (χ3n) is 2.99. The van der Waals surface area contributed by atoms with Gasteiger partial charge in [0.15, 0.2) is 0 Å². The Hall–Kier alpha value is -2.95. The maximum atomic E-state index is 12.0. The van der Waals surface area contributed by atoms with E-state index in [0.717, 1.165) is 0 Å². The number of H-pyrrole nitrogens is 1. The van der Waals surface area contributed by atoms with Gasteiger partial charge in [-0.05, 0) is 18.2 Å². The van der Waals surface area contributed by atoms with E-state index in [1.54, 1.807) is 18.2 Å². The minimum atomic E-state index is -1.03. The molecular weight excluding hydrogens is 256 g/mol. The first kappa shape index (κ1) is 12.1. The molecule has 0 aliphatic heterocycles. The Kier molecular flexibility index (Phi) is 2.80. The fourth-order valence-corrected chi connectivity index (χ4v) is 2.01. The van der Waals surface area contributed by atoms with Gasteiger partial charge in [-0.1, -0.05) is 30.3 Å². The molecule has 0 fully saturated rings. The Morgan fingerprint density at radius 1 is 1.10 bits per heavy atom. The number of aromatic nitrogens is 2. The molecule has 0 saturated carbocycles. The standard InChI is InChI=1S/C15H10N2O3/c18-14-13(9-4-2-1-3-5-9)16-12-8-10(15(19)20)6-7-11(12)17-14/h1-8H,(H,17,18)(H,19,20). The van der Waals surface area contributed by atoms with Crippen molar-refractivity contribution in [3.63, 3.8) is 0 Å². The predicted octanol–water partition coefficient (Wildman–Crippen LogP) is 2.29. The van der Waals surface area contributed by atoms with Crippen molar-refractivity contribution < 1.29 is 9.90 Å². The van der Waals surface area contributed by atoms with Crippen molar-refractivity contribution in [2.75, 3.05) is 0 Å². The largest absolute Gasteiger partial charge is 0.478 e. The molecule has 1 heterocycles. The summed E-state index contributed by atoms with van der Waals surface area (Å²) in [4.78, 5) is 30.0. The minimum Gasteiger partial charge on any atom is -0.478 e. The first-order valence-corrected chi connectivity index (χ1v) is 5.98. The second-order valence-corrected chi connectivity index (χ2v) is 4.32. The van der Waals surface area contributed by atoms with Gasteiger partial charge in [-0.3, -0.25) is 4.79 Å². The molecule has 0 aliphatic rings. The number of fused-ring (bicyclic) bond motifs is 1. The summed E-state index contributed by atoms with van der Waals surface area (Å²) in [5, 5.41) is 8.99. The molecule has 0 aliphatic carbocycles. The Balaban J connectivity index is 2.26. The van der Waals surface area contributed by atoms with Crippen molar-refractivity contribution in [3.8, 4) is 11.3 Å². The van der Waals surface area contributed by atoms with E-state index in [1.165, 1.54) is 12.1 Å². The summed E-state index contributed by atoms with van der Waals surface area (Å²) < 4.78 is 0. The number of aromatic carboxylic acids is 1. The second-order valence-electron chi connectivity index (χ2n) is 4.32. The molecule has 0 atom stereocenters. The van der Waals surface area contributed by atoms with Gasteiger partial charge in [0.25, 0.3) is 5.56 Å². The van der Waals surface area contributed by atoms with E-state index in [9.17, 15) is 9.59 Å². The van der Waals surface area contributed by atoms with E-state index in [1.807, 2.05) is 18.2 Å². The number of nitrogens with zero attached hydrogens (tertiary/aromatic N) is 1. The van der Waals surface area contributed by atoms with Crippen molar-refractivity contribution in [1.82, 2.24) is 9.97 Å². The molecule has 2 N–H and O–H groups in total. The molecule has 3 aromatic rings. The van der Waals surface area contributed by atoms with Crippen molar-refractivity contribution in [2.24, 2.45) is 0 Å². The molecule has 3 rings (SSSR count). The monoisotopic (exact) mass is 266 g/mol. The molecule has 0 radical (unpaired) electrons. The first-order chi connectivity index (χ1) is 9.65. The predicted molar refractivity (Wildman–Crippen MR) is 74.8 cm³/mol. The molecule has 1 aromatic heterocycles. The maximum Gasteiger partial charge on any atom is 0.335 e. The van der Waals surface area contributed by atoms with Gasteiger partial charge in [0.1, 0.15) is 5.69 Å². The molecule has 0 amide bonds. The highest BCUT2D eigenvalue weighted by atomic mass is 16.4. The van der Waals surface area contributed by atoms with Crippen molar-refractivity contribution in [2.45, 2.75) is 0 Å². The fraction of sp³-hybridized carbons (Fsp3) is 0. The number of benzene rings is 2. The fourth-order valence-electron chi connectivity index (χ4n) is 2.01. The number of carboxylic acid groups (broad SMARTS) is 1. The molecule has 0 bridgehead atoms. The molecule has 2 aromatic carbocycles. The van der Waals surface area contributed by atoms with E-state index >= 15 is 0 Å². The summed E-state index contributed by atoms with van der Waals surface area (Å²) in [7, 11) is 0. The lowest BCUT2D eigenvalue weighted by molar-refractivity contribution is 0.0697. The smallest absolute Gasteiger partial charge is 0.335 e.